The van der Waals surface area contributed by atoms with Crippen LogP contribution < -0.4 is 14.2 Å². The molecule has 0 spiro atoms. The lowest BCUT2D eigenvalue weighted by molar-refractivity contribution is -0.137. The molecule has 1 N–H and O–H groups in total. The molecular formula is C27H38N2O5. The Balaban J connectivity index is 1.55. The summed E-state index contributed by atoms with van der Waals surface area (Å²) in [5, 5.41) is 8.76. The van der Waals surface area contributed by atoms with E-state index >= 15 is 0 Å². The summed E-state index contributed by atoms with van der Waals surface area (Å²) in [7, 11) is 3.28. The molecule has 7 nitrogen and oxygen atoms in total. The zero-order valence-electron chi connectivity index (χ0n) is 20.5. The van der Waals surface area contributed by atoms with Gasteiger partial charge in [0.1, 0.15) is 0 Å². The minimum absolute atomic E-state index is 0.229. The van der Waals surface area contributed by atoms with Crippen LogP contribution in [0.2, 0.25) is 0 Å². The zero-order chi connectivity index (χ0) is 24.2. The van der Waals surface area contributed by atoms with Crippen molar-refractivity contribution in [2.24, 2.45) is 0 Å². The van der Waals surface area contributed by atoms with Crippen LogP contribution in [0.4, 0.5) is 0 Å². The standard InChI is InChI=1S/C27H38N2O5/c1-32-24-14-13-23(26(27(24)33-2)34-19-9-4-3-8-12-25(30)31)21-29-17-15-28(16-18-29)20-22-10-6-5-7-11-22/h5-7,10-11,13-14H,3-4,8-9,12,15-21H2,1-2H3,(H,30,31). The van der Waals surface area contributed by atoms with Crippen molar-refractivity contribution in [2.45, 2.75) is 45.2 Å². The summed E-state index contributed by atoms with van der Waals surface area (Å²) in [4.78, 5) is 15.6. The lowest BCUT2D eigenvalue weighted by Crippen LogP contribution is -2.45. The van der Waals surface area contributed by atoms with Gasteiger partial charge in [-0.25, -0.2) is 0 Å². The molecule has 0 radical (unpaired) electrons. The number of ether oxygens (including phenoxy) is 3. The number of nitrogens with zero attached hydrogens (tertiary/aromatic N) is 2. The Bertz CT molecular complexity index is 882. The molecule has 7 heteroatoms. The average Bonchev–Trinajstić information content (AvgIpc) is 2.85. The van der Waals surface area contributed by atoms with Gasteiger partial charge in [-0.1, -0.05) is 49.2 Å². The fourth-order valence-electron chi connectivity index (χ4n) is 4.32. The number of carboxylic acids is 1. The van der Waals surface area contributed by atoms with Crippen LogP contribution in [-0.2, 0) is 17.9 Å². The first-order chi connectivity index (χ1) is 16.6. The van der Waals surface area contributed by atoms with Crippen molar-refractivity contribution >= 4 is 5.97 Å². The van der Waals surface area contributed by atoms with Crippen LogP contribution in [0.1, 0.15) is 43.2 Å². The summed E-state index contributed by atoms with van der Waals surface area (Å²) in [6, 6.07) is 14.6. The largest absolute Gasteiger partial charge is 0.493 e. The normalized spacial score (nSPS) is 14.6. The minimum atomic E-state index is -0.733. The molecule has 186 valence electrons. The smallest absolute Gasteiger partial charge is 0.303 e. The van der Waals surface area contributed by atoms with Crippen molar-refractivity contribution in [1.82, 2.24) is 9.80 Å². The molecule has 0 bridgehead atoms. The fourth-order valence-corrected chi connectivity index (χ4v) is 4.32. The summed E-state index contributed by atoms with van der Waals surface area (Å²) < 4.78 is 17.4. The second-order valence-corrected chi connectivity index (χ2v) is 8.73. The van der Waals surface area contributed by atoms with Gasteiger partial charge in [-0.15, -0.1) is 0 Å². The summed E-state index contributed by atoms with van der Waals surface area (Å²) >= 11 is 0. The van der Waals surface area contributed by atoms with Gasteiger partial charge in [-0.05, 0) is 24.5 Å². The van der Waals surface area contributed by atoms with Gasteiger partial charge in [0.2, 0.25) is 5.75 Å². The number of hydrogen-bond donors (Lipinski definition) is 1. The Labute approximate surface area is 203 Å². The van der Waals surface area contributed by atoms with Gasteiger partial charge < -0.3 is 19.3 Å². The Kier molecular flexibility index (Phi) is 10.5. The van der Waals surface area contributed by atoms with Crippen molar-refractivity contribution in [2.75, 3.05) is 47.0 Å². The third-order valence-corrected chi connectivity index (χ3v) is 6.22. The highest BCUT2D eigenvalue weighted by atomic mass is 16.5. The molecule has 1 saturated heterocycles. The molecule has 1 aliphatic heterocycles. The maximum absolute atomic E-state index is 10.6. The fraction of sp³-hybridized carbons (Fsp3) is 0.519. The van der Waals surface area contributed by atoms with Crippen molar-refractivity contribution in [3.8, 4) is 17.2 Å². The van der Waals surface area contributed by atoms with E-state index in [0.29, 0.717) is 24.5 Å². The second-order valence-electron chi connectivity index (χ2n) is 8.73. The minimum Gasteiger partial charge on any atom is -0.493 e. The van der Waals surface area contributed by atoms with Gasteiger partial charge in [0.05, 0.1) is 20.8 Å². The molecule has 34 heavy (non-hydrogen) atoms. The lowest BCUT2D eigenvalue weighted by atomic mass is 10.1. The third kappa shape index (κ3) is 7.92. The van der Waals surface area contributed by atoms with Crippen molar-refractivity contribution in [3.63, 3.8) is 0 Å². The number of carboxylic acid groups (broad SMARTS) is 1. The van der Waals surface area contributed by atoms with E-state index in [1.54, 1.807) is 14.2 Å². The topological polar surface area (TPSA) is 71.5 Å². The Morgan fingerprint density at radius 3 is 2.15 bits per heavy atom. The molecule has 2 aromatic rings. The Hall–Kier alpha value is -2.77. The van der Waals surface area contributed by atoms with Crippen LogP contribution in [-0.4, -0.2) is 67.9 Å². The molecule has 2 aromatic carbocycles. The molecule has 0 saturated carbocycles. The van der Waals surface area contributed by atoms with Crippen molar-refractivity contribution < 1.29 is 24.1 Å². The molecule has 0 aliphatic carbocycles. The quantitative estimate of drug-likeness (QED) is 0.410. The summed E-state index contributed by atoms with van der Waals surface area (Å²) in [5.41, 5.74) is 2.45. The van der Waals surface area contributed by atoms with Crippen LogP contribution in [0.5, 0.6) is 17.2 Å². The molecule has 0 unspecified atom stereocenters. The van der Waals surface area contributed by atoms with Gasteiger partial charge in [-0.3, -0.25) is 14.6 Å². The Morgan fingerprint density at radius 1 is 0.824 bits per heavy atom. The number of methoxy groups -OCH3 is 2. The second kappa shape index (κ2) is 13.8. The van der Waals surface area contributed by atoms with Crippen molar-refractivity contribution in [1.29, 1.82) is 0 Å². The first-order valence-electron chi connectivity index (χ1n) is 12.2. The van der Waals surface area contributed by atoms with E-state index in [2.05, 4.69) is 46.2 Å². The van der Waals surface area contributed by atoms with E-state index in [1.807, 2.05) is 6.07 Å². The number of aliphatic carboxylic acids is 1. The Morgan fingerprint density at radius 2 is 1.50 bits per heavy atom. The van der Waals surface area contributed by atoms with E-state index in [4.69, 9.17) is 19.3 Å². The number of piperazine rings is 1. The molecular weight excluding hydrogens is 432 g/mol. The van der Waals surface area contributed by atoms with Crippen molar-refractivity contribution in [3.05, 3.63) is 53.6 Å². The zero-order valence-corrected chi connectivity index (χ0v) is 20.5. The summed E-state index contributed by atoms with van der Waals surface area (Å²) in [5.74, 6) is 1.31. The first-order valence-corrected chi connectivity index (χ1v) is 12.2. The van der Waals surface area contributed by atoms with E-state index < -0.39 is 5.97 Å². The predicted molar refractivity (Wildman–Crippen MR) is 133 cm³/mol. The molecule has 1 aliphatic rings. The van der Waals surface area contributed by atoms with E-state index in [-0.39, 0.29) is 6.42 Å². The van der Waals surface area contributed by atoms with Crippen LogP contribution in [0.15, 0.2) is 42.5 Å². The lowest BCUT2D eigenvalue weighted by Gasteiger charge is -2.35. The first kappa shape index (κ1) is 25.8. The van der Waals surface area contributed by atoms with Gasteiger partial charge in [0, 0.05) is 51.3 Å². The monoisotopic (exact) mass is 470 g/mol. The van der Waals surface area contributed by atoms with Gasteiger partial charge in [0.15, 0.2) is 11.5 Å². The van der Waals surface area contributed by atoms with E-state index in [1.165, 1.54) is 5.56 Å². The predicted octanol–water partition coefficient (Wildman–Crippen LogP) is 4.44. The average molecular weight is 471 g/mol. The van der Waals surface area contributed by atoms with E-state index in [9.17, 15) is 4.79 Å². The highest BCUT2D eigenvalue weighted by Crippen LogP contribution is 2.40. The van der Waals surface area contributed by atoms with Crippen LogP contribution in [0.25, 0.3) is 0 Å². The molecule has 1 heterocycles. The summed E-state index contributed by atoms with van der Waals surface area (Å²) in [6.07, 6.45) is 3.65. The van der Waals surface area contributed by atoms with Gasteiger partial charge >= 0.3 is 5.97 Å². The van der Waals surface area contributed by atoms with Gasteiger partial charge in [0.25, 0.3) is 0 Å². The number of hydrogen-bond acceptors (Lipinski definition) is 6. The van der Waals surface area contributed by atoms with E-state index in [0.717, 1.165) is 69.8 Å². The number of rotatable bonds is 14. The SMILES string of the molecule is COc1ccc(CN2CCN(Cc3ccccc3)CC2)c(OCCCCCCC(=O)O)c1OC. The molecule has 0 amide bonds. The molecule has 3 rings (SSSR count). The number of unbranched alkanes of at least 4 members (excludes halogenated alkanes) is 3. The maximum Gasteiger partial charge on any atom is 0.303 e. The van der Waals surface area contributed by atoms with Gasteiger partial charge in [-0.2, -0.15) is 0 Å². The number of benzene rings is 2. The molecule has 1 fully saturated rings. The third-order valence-electron chi connectivity index (χ3n) is 6.22. The van der Waals surface area contributed by atoms with Crippen LogP contribution in [0, 0.1) is 0 Å². The molecule has 0 atom stereocenters. The molecule has 0 aromatic heterocycles. The van der Waals surface area contributed by atoms with Crippen LogP contribution in [0.3, 0.4) is 0 Å². The number of carbonyl (C=O) groups is 1. The summed E-state index contributed by atoms with van der Waals surface area (Å²) in [6.45, 7) is 6.44. The van der Waals surface area contributed by atoms with Crippen LogP contribution >= 0.6 is 0 Å². The highest BCUT2D eigenvalue weighted by molar-refractivity contribution is 5.66. The maximum atomic E-state index is 10.6. The highest BCUT2D eigenvalue weighted by Gasteiger charge is 2.22.